The Morgan fingerprint density at radius 1 is 0.276 bits per heavy atom. The molecule has 17 rings (SSSR count). The van der Waals surface area contributed by atoms with Crippen LogP contribution in [0.25, 0.3) is 98.4 Å². The molecule has 0 saturated carbocycles. The van der Waals surface area contributed by atoms with Gasteiger partial charge in [-0.15, -0.1) is 0 Å². The summed E-state index contributed by atoms with van der Waals surface area (Å²) < 4.78 is 5.12. The van der Waals surface area contributed by atoms with Crippen LogP contribution < -0.4 is 9.80 Å². The van der Waals surface area contributed by atoms with E-state index in [1.54, 1.807) is 0 Å². The molecular weight excluding hydrogens is 921 g/mol. The molecule has 0 N–H and O–H groups in total. The molecule has 0 amide bonds. The first-order valence-corrected chi connectivity index (χ1v) is 26.8. The molecule has 4 heterocycles. The largest absolute Gasteiger partial charge is 0.310 e. The highest BCUT2D eigenvalue weighted by atomic mass is 15.2. The van der Waals surface area contributed by atoms with Gasteiger partial charge in [-0.3, -0.25) is 0 Å². The highest BCUT2D eigenvalue weighted by molar-refractivity contribution is 6.32. The Bertz CT molecular complexity index is 4620. The zero-order chi connectivity index (χ0) is 50.3. The average molecular weight is 971 g/mol. The minimum atomic E-state index is -0.129. The number of para-hydroxylation sites is 4. The van der Waals surface area contributed by atoms with E-state index in [9.17, 15) is 0 Å². The predicted molar refractivity (Wildman–Crippen MR) is 320 cm³/mol. The van der Waals surface area contributed by atoms with Crippen molar-refractivity contribution in [2.45, 2.75) is 38.5 Å². The minimum absolute atomic E-state index is 0.129. The number of hydrogen-bond acceptors (Lipinski definition) is 2. The molecule has 4 heteroatoms. The molecule has 15 aromatic rings. The third kappa shape index (κ3) is 5.28. The van der Waals surface area contributed by atoms with Crippen LogP contribution in [-0.4, -0.2) is 8.80 Å². The highest BCUT2D eigenvalue weighted by Gasteiger charge is 2.38. The lowest BCUT2D eigenvalue weighted by molar-refractivity contribution is 0.660. The fourth-order valence-electron chi connectivity index (χ4n) is 14.5. The normalized spacial score (nSPS) is 14.3. The van der Waals surface area contributed by atoms with Crippen molar-refractivity contribution >= 4 is 110 Å². The Kier molecular flexibility index (Phi) is 8.12. The van der Waals surface area contributed by atoms with Crippen LogP contribution in [0.3, 0.4) is 0 Å². The van der Waals surface area contributed by atoms with Gasteiger partial charge >= 0.3 is 0 Å². The van der Waals surface area contributed by atoms with Crippen molar-refractivity contribution < 1.29 is 0 Å². The second kappa shape index (κ2) is 14.7. The molecule has 4 nitrogen and oxygen atoms in total. The molecular formula is C72H50N4. The average Bonchev–Trinajstić information content (AvgIpc) is 4.47. The second-order valence-corrected chi connectivity index (χ2v) is 22.4. The first-order chi connectivity index (χ1) is 37.3. The van der Waals surface area contributed by atoms with Crippen LogP contribution in [0.1, 0.15) is 49.9 Å². The summed E-state index contributed by atoms with van der Waals surface area (Å²) in [5.41, 5.74) is 24.8. The van der Waals surface area contributed by atoms with Gasteiger partial charge < -0.3 is 18.6 Å². The smallest absolute Gasteiger partial charge is 0.0641 e. The molecule has 0 spiro atoms. The molecule has 76 heavy (non-hydrogen) atoms. The summed E-state index contributed by atoms with van der Waals surface area (Å²) in [4.78, 5) is 4.99. The van der Waals surface area contributed by atoms with E-state index in [1.165, 1.54) is 132 Å². The van der Waals surface area contributed by atoms with Gasteiger partial charge in [-0.2, -0.15) is 0 Å². The van der Waals surface area contributed by atoms with E-state index in [4.69, 9.17) is 0 Å². The topological polar surface area (TPSA) is 15.3 Å². The van der Waals surface area contributed by atoms with Gasteiger partial charge in [0.15, 0.2) is 0 Å². The number of aromatic nitrogens is 2. The summed E-state index contributed by atoms with van der Waals surface area (Å²) in [6, 6.07) is 86.7. The van der Waals surface area contributed by atoms with Crippen molar-refractivity contribution in [3.05, 3.63) is 253 Å². The van der Waals surface area contributed by atoms with E-state index in [0.717, 1.165) is 22.7 Å². The lowest BCUT2D eigenvalue weighted by Gasteiger charge is -2.29. The number of rotatable bonds is 6. The summed E-state index contributed by atoms with van der Waals surface area (Å²) in [5, 5.41) is 10.0. The van der Waals surface area contributed by atoms with E-state index in [1.807, 2.05) is 0 Å². The summed E-state index contributed by atoms with van der Waals surface area (Å²) in [7, 11) is 0. The van der Waals surface area contributed by atoms with Gasteiger partial charge in [0.2, 0.25) is 0 Å². The van der Waals surface area contributed by atoms with Crippen molar-refractivity contribution in [2.24, 2.45) is 0 Å². The number of benzene rings is 11. The lowest BCUT2D eigenvalue weighted by Crippen LogP contribution is -2.16. The van der Waals surface area contributed by atoms with Crippen LogP contribution >= 0.6 is 0 Å². The van der Waals surface area contributed by atoms with E-state index in [2.05, 4.69) is 277 Å². The summed E-state index contributed by atoms with van der Waals surface area (Å²) >= 11 is 0. The van der Waals surface area contributed by atoms with Crippen LogP contribution in [0, 0.1) is 0 Å². The number of fused-ring (bicyclic) bond motifs is 18. The van der Waals surface area contributed by atoms with Crippen LogP contribution in [0.5, 0.6) is 0 Å². The Balaban J connectivity index is 0.906. The lowest BCUT2D eigenvalue weighted by atomic mass is 9.82. The fraction of sp³-hybridized carbons (Fsp3) is 0.0833. The number of hydrogen-bond donors (Lipinski definition) is 0. The molecule has 0 bridgehead atoms. The molecule has 2 aliphatic carbocycles. The monoisotopic (exact) mass is 970 g/mol. The zero-order valence-electron chi connectivity index (χ0n) is 42.7. The van der Waals surface area contributed by atoms with Crippen LogP contribution in [0.4, 0.5) is 34.1 Å². The summed E-state index contributed by atoms with van der Waals surface area (Å²) in [6.07, 6.45) is 0. The number of nitrogens with zero attached hydrogens (tertiary/aromatic N) is 4. The Morgan fingerprint density at radius 2 is 0.658 bits per heavy atom. The Labute approximate surface area is 440 Å². The molecule has 2 aliphatic rings. The quantitative estimate of drug-likeness (QED) is 0.165. The second-order valence-electron chi connectivity index (χ2n) is 22.4. The molecule has 0 fully saturated rings. The van der Waals surface area contributed by atoms with Crippen LogP contribution in [0.15, 0.2) is 231 Å². The Morgan fingerprint density at radius 3 is 1.11 bits per heavy atom. The zero-order valence-corrected chi connectivity index (χ0v) is 42.7. The maximum atomic E-state index is 2.56. The minimum Gasteiger partial charge on any atom is -0.310 e. The molecule has 11 aromatic carbocycles. The molecule has 4 aromatic heterocycles. The first kappa shape index (κ1) is 42.0. The van der Waals surface area contributed by atoms with Gasteiger partial charge in [-0.1, -0.05) is 173 Å². The third-order valence-electron chi connectivity index (χ3n) is 17.9. The molecule has 358 valence electrons. The van der Waals surface area contributed by atoms with Gasteiger partial charge in [0, 0.05) is 76.7 Å². The van der Waals surface area contributed by atoms with E-state index >= 15 is 0 Å². The maximum absolute atomic E-state index is 2.56. The van der Waals surface area contributed by atoms with Crippen molar-refractivity contribution in [1.82, 2.24) is 8.80 Å². The van der Waals surface area contributed by atoms with E-state index < -0.39 is 0 Å². The van der Waals surface area contributed by atoms with Crippen LogP contribution in [0.2, 0.25) is 0 Å². The van der Waals surface area contributed by atoms with Gasteiger partial charge in [0.1, 0.15) is 0 Å². The van der Waals surface area contributed by atoms with Gasteiger partial charge in [-0.05, 0) is 129 Å². The van der Waals surface area contributed by atoms with Crippen molar-refractivity contribution in [3.63, 3.8) is 0 Å². The molecule has 0 radical (unpaired) electrons. The molecule has 0 atom stereocenters. The van der Waals surface area contributed by atoms with E-state index in [0.29, 0.717) is 0 Å². The highest BCUT2D eigenvalue weighted by Crippen LogP contribution is 2.55. The predicted octanol–water partition coefficient (Wildman–Crippen LogP) is 19.5. The van der Waals surface area contributed by atoms with Crippen molar-refractivity contribution in [2.75, 3.05) is 9.80 Å². The van der Waals surface area contributed by atoms with Gasteiger partial charge in [-0.25, -0.2) is 0 Å². The van der Waals surface area contributed by atoms with Gasteiger partial charge in [0.05, 0.1) is 44.5 Å². The Hall–Kier alpha value is -9.38. The molecule has 0 aliphatic heterocycles. The summed E-state index contributed by atoms with van der Waals surface area (Å²) in [5.74, 6) is 0. The molecule has 0 unspecified atom stereocenters. The van der Waals surface area contributed by atoms with E-state index in [-0.39, 0.29) is 10.8 Å². The first-order valence-electron chi connectivity index (χ1n) is 26.8. The molecule has 0 saturated heterocycles. The maximum Gasteiger partial charge on any atom is 0.0641 e. The SMILES string of the molecule is CC1(C)c2ccccc2-c2ccc(N(c3ccccc3)c3ccc4c5cc6c(cc5n5c7ccccc7c3c45)c3ccc(N(c4ccccc4)c4ccc5c(c4)C(C)(C)c4ccccc4-5)c4c5ccccc5n6c34)cc21. The van der Waals surface area contributed by atoms with Crippen LogP contribution in [-0.2, 0) is 10.8 Å². The fourth-order valence-corrected chi connectivity index (χ4v) is 14.5. The standard InChI is InChI=1S/C72H50N4/c1-71(2)57-27-15-11-23-47(57)49-33-31-45(39-59(49)71)73(43-19-7-5-8-20-43)63-37-35-51-55-41-66-56(42-65(55)75-61-29-17-13-25-53(61)67(63)69(51)75)52-36-38-64(68-54-26-14-18-30-62(54)76(66)70(52)68)74(44-21-9-6-10-22-44)46-32-34-50-48-24-12-16-28-58(48)72(3,4)60(50)40-46/h5-42H,1-4H3. The van der Waals surface area contributed by atoms with Gasteiger partial charge in [0.25, 0.3) is 0 Å². The summed E-state index contributed by atoms with van der Waals surface area (Å²) in [6.45, 7) is 9.50. The van der Waals surface area contributed by atoms with Crippen molar-refractivity contribution in [1.29, 1.82) is 0 Å². The van der Waals surface area contributed by atoms with Crippen molar-refractivity contribution in [3.8, 4) is 22.3 Å². The number of anilines is 6. The third-order valence-corrected chi connectivity index (χ3v) is 17.9.